The van der Waals surface area contributed by atoms with Gasteiger partial charge in [0.05, 0.1) is 25.7 Å². The highest BCUT2D eigenvalue weighted by Crippen LogP contribution is 2.11. The van der Waals surface area contributed by atoms with Crippen LogP contribution >= 0.6 is 0 Å². The molecule has 0 spiro atoms. The number of aliphatic hydroxyl groups is 2. The lowest BCUT2D eigenvalue weighted by Crippen LogP contribution is -2.62. The van der Waals surface area contributed by atoms with Gasteiger partial charge in [-0.2, -0.15) is 0 Å². The van der Waals surface area contributed by atoms with Crippen LogP contribution in [0.2, 0.25) is 0 Å². The molecule has 69 heavy (non-hydrogen) atoms. The zero-order chi connectivity index (χ0) is 53.5. The Morgan fingerprint density at radius 1 is 0.391 bits per heavy atom. The van der Waals surface area contributed by atoms with Crippen LogP contribution in [0.1, 0.15) is 86.5 Å². The molecule has 0 aliphatic rings. The Morgan fingerprint density at radius 2 is 0.710 bits per heavy atom. The Balaban J connectivity index is 6.70. The predicted octanol–water partition coefficient (Wildman–Crippen LogP) is -7.50. The Hall–Kier alpha value is -7.01. The van der Waals surface area contributed by atoms with Crippen molar-refractivity contribution in [2.24, 2.45) is 40.7 Å². The second-order valence-corrected chi connectivity index (χ2v) is 16.9. The maximum Gasteiger partial charge on any atom is 0.328 e. The number of carbonyl (C=O) groups excluding carboxylic acids is 11. The van der Waals surface area contributed by atoms with E-state index < -0.39 is 201 Å². The van der Waals surface area contributed by atoms with Crippen LogP contribution in [0.25, 0.3) is 0 Å². The number of amides is 11. The molecule has 29 heteroatoms. The van der Waals surface area contributed by atoms with Gasteiger partial charge >= 0.3 is 11.9 Å². The molecule has 11 amide bonds. The highest BCUT2D eigenvalue weighted by atomic mass is 16.4. The van der Waals surface area contributed by atoms with Gasteiger partial charge in [0.2, 0.25) is 65.0 Å². The number of carbonyl (C=O) groups is 13. The number of aliphatic carboxylic acids is 2. The van der Waals surface area contributed by atoms with Crippen molar-refractivity contribution >= 4 is 76.9 Å². The number of carboxylic acids is 2. The van der Waals surface area contributed by atoms with E-state index in [0.29, 0.717) is 0 Å². The number of carboxylic acid groups (broad SMARTS) is 2. The van der Waals surface area contributed by atoms with E-state index in [1.807, 2.05) is 10.6 Å². The fourth-order valence-electron chi connectivity index (χ4n) is 5.93. The van der Waals surface area contributed by atoms with Crippen LogP contribution in [-0.2, 0) is 62.3 Å². The smallest absolute Gasteiger partial charge is 0.328 e. The van der Waals surface area contributed by atoms with Crippen molar-refractivity contribution in [3.05, 3.63) is 0 Å². The third-order valence-electron chi connectivity index (χ3n) is 10.1. The molecule has 0 saturated carbocycles. The minimum absolute atomic E-state index is 0.281. The fourth-order valence-corrected chi connectivity index (χ4v) is 5.93. The van der Waals surface area contributed by atoms with Gasteiger partial charge in [-0.15, -0.1) is 0 Å². The number of nitrogens with two attached hydrogens (primary N) is 4. The van der Waals surface area contributed by atoms with Crippen molar-refractivity contribution < 1.29 is 82.8 Å². The van der Waals surface area contributed by atoms with Gasteiger partial charge in [-0.3, -0.25) is 57.5 Å². The van der Waals surface area contributed by atoms with Crippen LogP contribution in [0.4, 0.5) is 0 Å². The summed E-state index contributed by atoms with van der Waals surface area (Å²) in [6.07, 6.45) is -4.77. The molecule has 0 unspecified atom stereocenters. The molecule has 0 aliphatic heterocycles. The van der Waals surface area contributed by atoms with Crippen LogP contribution in [0.5, 0.6) is 0 Å². The van der Waals surface area contributed by atoms with Gasteiger partial charge in [0.15, 0.2) is 0 Å². The second kappa shape index (κ2) is 30.4. The Kier molecular flexibility index (Phi) is 27.3. The van der Waals surface area contributed by atoms with E-state index in [1.54, 1.807) is 27.7 Å². The van der Waals surface area contributed by atoms with Crippen molar-refractivity contribution in [1.82, 2.24) is 42.5 Å². The maximum absolute atomic E-state index is 13.8. The van der Waals surface area contributed by atoms with Crippen LogP contribution in [-0.4, -0.2) is 165 Å². The molecule has 0 fully saturated rings. The molecule has 0 aliphatic carbocycles. The van der Waals surface area contributed by atoms with Crippen LogP contribution < -0.4 is 65.5 Å². The van der Waals surface area contributed by atoms with Gasteiger partial charge in [-0.1, -0.05) is 41.5 Å². The van der Waals surface area contributed by atoms with Gasteiger partial charge in [0, 0.05) is 19.3 Å². The van der Waals surface area contributed by atoms with E-state index in [-0.39, 0.29) is 5.92 Å². The quantitative estimate of drug-likeness (QED) is 0.0290. The lowest BCUT2D eigenvalue weighted by Gasteiger charge is -2.29. The van der Waals surface area contributed by atoms with Crippen molar-refractivity contribution in [2.45, 2.75) is 141 Å². The van der Waals surface area contributed by atoms with Crippen molar-refractivity contribution in [1.29, 1.82) is 0 Å². The van der Waals surface area contributed by atoms with E-state index in [9.17, 15) is 77.6 Å². The number of hydrogen-bond donors (Lipinski definition) is 16. The van der Waals surface area contributed by atoms with Crippen LogP contribution in [0.3, 0.4) is 0 Å². The van der Waals surface area contributed by atoms with E-state index in [1.165, 1.54) is 13.8 Å². The number of nitrogens with one attached hydrogen (secondary N) is 8. The molecule has 0 aromatic heterocycles. The number of primary amides is 3. The normalized spacial score (nSPS) is 15.0. The molecule has 0 radical (unpaired) electrons. The number of aliphatic hydroxyl groups excluding tert-OH is 2. The topological polar surface area (TPSA) is 503 Å². The molecule has 390 valence electrons. The first-order valence-electron chi connectivity index (χ1n) is 21.7. The van der Waals surface area contributed by atoms with Gasteiger partial charge in [0.25, 0.3) is 0 Å². The zero-order valence-electron chi connectivity index (χ0n) is 39.2. The third-order valence-corrected chi connectivity index (χ3v) is 10.1. The zero-order valence-corrected chi connectivity index (χ0v) is 39.2. The first-order valence-corrected chi connectivity index (χ1v) is 21.7. The van der Waals surface area contributed by atoms with Gasteiger partial charge in [-0.25, -0.2) is 4.79 Å². The summed E-state index contributed by atoms with van der Waals surface area (Å²) in [6, 6.07) is -14.7. The lowest BCUT2D eigenvalue weighted by molar-refractivity contribution is -0.143. The Bertz CT molecular complexity index is 1880. The molecule has 0 bridgehead atoms. The van der Waals surface area contributed by atoms with Gasteiger partial charge in [-0.05, 0) is 37.0 Å². The summed E-state index contributed by atoms with van der Waals surface area (Å²) < 4.78 is 0. The largest absolute Gasteiger partial charge is 0.481 e. The van der Waals surface area contributed by atoms with Gasteiger partial charge in [0.1, 0.15) is 48.3 Å². The average molecular weight is 989 g/mol. The first-order chi connectivity index (χ1) is 32.0. The van der Waals surface area contributed by atoms with Crippen molar-refractivity contribution in [3.63, 3.8) is 0 Å². The molecule has 0 aromatic rings. The molecular formula is C40H68N12O17. The minimum Gasteiger partial charge on any atom is -0.481 e. The van der Waals surface area contributed by atoms with E-state index >= 15 is 0 Å². The van der Waals surface area contributed by atoms with Gasteiger partial charge < -0.3 is 85.9 Å². The molecule has 29 nitrogen and oxygen atoms in total. The van der Waals surface area contributed by atoms with Crippen LogP contribution in [0.15, 0.2) is 0 Å². The van der Waals surface area contributed by atoms with Crippen molar-refractivity contribution in [3.8, 4) is 0 Å². The molecule has 0 heterocycles. The minimum atomic E-state index is -1.90. The predicted molar refractivity (Wildman–Crippen MR) is 237 cm³/mol. The first kappa shape index (κ1) is 62.0. The summed E-state index contributed by atoms with van der Waals surface area (Å²) in [6.45, 7) is 7.47. The highest BCUT2D eigenvalue weighted by Gasteiger charge is 2.37. The van der Waals surface area contributed by atoms with E-state index in [0.717, 1.165) is 0 Å². The summed E-state index contributed by atoms with van der Waals surface area (Å²) in [4.78, 5) is 166. The summed E-state index contributed by atoms with van der Waals surface area (Å²) in [7, 11) is 0. The molecule has 9 atom stereocenters. The number of hydrogen-bond acceptors (Lipinski definition) is 16. The Labute approximate surface area is 396 Å². The maximum atomic E-state index is 13.8. The second-order valence-electron chi connectivity index (χ2n) is 16.9. The molecule has 0 saturated heterocycles. The monoisotopic (exact) mass is 988 g/mol. The third kappa shape index (κ3) is 23.0. The van der Waals surface area contributed by atoms with Crippen molar-refractivity contribution in [2.75, 3.05) is 13.2 Å². The summed E-state index contributed by atoms with van der Waals surface area (Å²) >= 11 is 0. The van der Waals surface area contributed by atoms with E-state index in [2.05, 4.69) is 31.9 Å². The average Bonchev–Trinajstić information content (AvgIpc) is 3.24. The molecule has 0 rings (SSSR count). The SMILES string of the molecule is CC(C)[C@H](N)C(=O)N[C@H](C(=O)N[C@H](C(=O)N[C@@H](CC(N)=O)C(=O)N[C@@H](CCC(N)=O)C(=O)N[C@@H](CCC(N)=O)C(=O)N[C@@H](CCC(=O)O)C(=O)N[C@@H](CO)C(=O)N[C@@H](CO)C(=O)O)C(C)C)C(C)C. The fraction of sp³-hybridized carbons (Fsp3) is 0.675. The summed E-state index contributed by atoms with van der Waals surface area (Å²) in [5.41, 5.74) is 21.9. The van der Waals surface area contributed by atoms with Crippen LogP contribution in [0, 0.1) is 17.8 Å². The molecule has 0 aromatic carbocycles. The standard InChI is InChI=1S/C40H68N12O17/c1-16(2)29(44)37(65)51-31(18(5)6)39(67)52-30(17(3)4)38(66)48-22(13-27(43)57)35(63)47-20(8-11-26(42)56)33(61)45-19(7-10-25(41)55)32(60)46-21(9-12-28(58)59)34(62)49-23(14-53)36(64)50-24(15-54)40(68)69/h16-24,29-31,53-54H,7-15,44H2,1-6H3,(H2,41,55)(H2,42,56)(H2,43,57)(H,45,61)(H,46,60)(H,47,63)(H,48,66)(H,49,62)(H,50,64)(H,51,65)(H,52,67)(H,58,59)(H,68,69)/t19-,20-,21-,22-,23-,24-,29-,30-,31-/m0/s1. The molecule has 20 N–H and O–H groups in total. The molecular weight excluding hydrogens is 921 g/mol. The summed E-state index contributed by atoms with van der Waals surface area (Å²) in [5, 5.41) is 55.2. The highest BCUT2D eigenvalue weighted by molar-refractivity contribution is 5.99. The van der Waals surface area contributed by atoms with E-state index in [4.69, 9.17) is 28.0 Å². The number of rotatable bonds is 33. The lowest BCUT2D eigenvalue weighted by atomic mass is 9.98. The Morgan fingerprint density at radius 3 is 1.04 bits per heavy atom. The summed E-state index contributed by atoms with van der Waals surface area (Å²) in [5.74, 6) is -16.6.